The summed E-state index contributed by atoms with van der Waals surface area (Å²) in [7, 11) is -2.90. The van der Waals surface area contributed by atoms with E-state index in [0.29, 0.717) is 0 Å². The first-order valence-corrected chi connectivity index (χ1v) is 5.69. The van der Waals surface area contributed by atoms with Crippen molar-refractivity contribution in [3.8, 4) is 0 Å². The zero-order valence-electron chi connectivity index (χ0n) is 8.76. The Morgan fingerprint density at radius 3 is 2.13 bits per heavy atom. The highest BCUT2D eigenvalue weighted by Gasteiger charge is 1.96. The predicted octanol–water partition coefficient (Wildman–Crippen LogP) is -3.64. The Hall–Kier alpha value is -0.660. The molecule has 0 atom stereocenters. The lowest BCUT2D eigenvalue weighted by Gasteiger charge is -2.17. The monoisotopic (exact) mass is 238 g/mol. The Bertz CT molecular complexity index is 266. The first kappa shape index (κ1) is 14.3. The molecule has 0 spiro atoms. The average molecular weight is 239 g/mol. The zero-order chi connectivity index (χ0) is 11.9. The molecular weight excluding hydrogens is 224 g/mol. The van der Waals surface area contributed by atoms with E-state index in [1.54, 1.807) is 0 Å². The van der Waals surface area contributed by atoms with E-state index in [2.05, 4.69) is 34.8 Å². The summed E-state index contributed by atoms with van der Waals surface area (Å²) in [6.45, 7) is 3.36. The molecular formula is C8H15ClN2O4. The molecule has 0 bridgehead atoms. The van der Waals surface area contributed by atoms with Crippen LogP contribution in [0.4, 0.5) is 0 Å². The number of halogens is 1. The van der Waals surface area contributed by atoms with Crippen LogP contribution in [0.15, 0.2) is 18.7 Å². The van der Waals surface area contributed by atoms with Gasteiger partial charge in [0.15, 0.2) is 0 Å². The van der Waals surface area contributed by atoms with E-state index < -0.39 is 10.2 Å². The van der Waals surface area contributed by atoms with Crippen LogP contribution in [-0.4, -0.2) is 4.57 Å². The molecule has 7 heteroatoms. The van der Waals surface area contributed by atoms with E-state index >= 15 is 0 Å². The molecule has 0 aliphatic heterocycles. The van der Waals surface area contributed by atoms with Crippen LogP contribution >= 0.6 is 0 Å². The second kappa shape index (κ2) is 6.76. The predicted molar refractivity (Wildman–Crippen MR) is 40.5 cm³/mol. The Balaban J connectivity index is 0.000000336. The molecule has 0 saturated carbocycles. The molecule has 15 heavy (non-hydrogen) atoms. The molecule has 0 saturated heterocycles. The van der Waals surface area contributed by atoms with E-state index in [9.17, 15) is 0 Å². The van der Waals surface area contributed by atoms with Gasteiger partial charge in [-0.1, -0.05) is 13.3 Å². The number of hydrogen-bond donors (Lipinski definition) is 0. The number of aromatic nitrogens is 2. The van der Waals surface area contributed by atoms with Gasteiger partial charge >= 0.3 is 0 Å². The van der Waals surface area contributed by atoms with Crippen molar-refractivity contribution in [2.75, 3.05) is 0 Å². The van der Waals surface area contributed by atoms with E-state index in [1.807, 2.05) is 7.05 Å². The Morgan fingerprint density at radius 2 is 1.80 bits per heavy atom. The molecule has 0 aromatic carbocycles. The van der Waals surface area contributed by atoms with E-state index in [-0.39, 0.29) is 0 Å². The minimum atomic E-state index is -4.94. The molecule has 0 N–H and O–H groups in total. The normalized spacial score (nSPS) is 10.8. The van der Waals surface area contributed by atoms with Crippen molar-refractivity contribution in [2.45, 2.75) is 26.3 Å². The molecule has 1 heterocycles. The van der Waals surface area contributed by atoms with Gasteiger partial charge in [-0.2, -0.15) is 0 Å². The fraction of sp³-hybridized carbons (Fsp3) is 0.625. The maximum atomic E-state index is 8.49. The first-order valence-electron chi connectivity index (χ1n) is 4.45. The summed E-state index contributed by atoms with van der Waals surface area (Å²) in [6, 6.07) is 0. The highest BCUT2D eigenvalue weighted by Crippen LogP contribution is 1.91. The fourth-order valence-electron chi connectivity index (χ4n) is 0.975. The lowest BCUT2D eigenvalue weighted by molar-refractivity contribution is -2.00. The maximum absolute atomic E-state index is 8.49. The third kappa shape index (κ3) is 11.3. The molecule has 6 nitrogen and oxygen atoms in total. The molecule has 0 fully saturated rings. The molecule has 1 aromatic rings. The summed E-state index contributed by atoms with van der Waals surface area (Å²) in [5, 5.41) is 0. The summed E-state index contributed by atoms with van der Waals surface area (Å²) in [4.78, 5) is 0. The standard InChI is InChI=1S/C8H15N2.ClHO4/c1-3-4-5-10-7-6-9(2)8-10;2-1(3,4)5/h6-8H,3-5H2,1-2H3;(H,2,3,4,5)/q+1;/p-1. The van der Waals surface area contributed by atoms with Crippen LogP contribution in [0.1, 0.15) is 19.8 Å². The van der Waals surface area contributed by atoms with Crippen LogP contribution in [0.2, 0.25) is 0 Å². The summed E-state index contributed by atoms with van der Waals surface area (Å²) in [5.41, 5.74) is 0. The molecule has 0 aliphatic rings. The van der Waals surface area contributed by atoms with Crippen LogP contribution in [0.25, 0.3) is 0 Å². The van der Waals surface area contributed by atoms with Crippen molar-refractivity contribution < 1.29 is 33.4 Å². The molecule has 0 amide bonds. The van der Waals surface area contributed by atoms with Crippen LogP contribution in [0, 0.1) is 10.2 Å². The number of imidazole rings is 1. The lowest BCUT2D eigenvalue weighted by Crippen LogP contribution is -2.68. The SMILES string of the molecule is CCCCn1cc[n+](C)c1.[O-][Cl+3]([O-])([O-])[O-]. The van der Waals surface area contributed by atoms with Crippen molar-refractivity contribution in [3.05, 3.63) is 18.7 Å². The summed E-state index contributed by atoms with van der Waals surface area (Å²) >= 11 is 0. The first-order chi connectivity index (χ1) is 6.83. The van der Waals surface area contributed by atoms with Gasteiger partial charge in [0.2, 0.25) is 6.33 Å². The Kier molecular flexibility index (Phi) is 6.46. The third-order valence-electron chi connectivity index (χ3n) is 1.59. The van der Waals surface area contributed by atoms with E-state index in [4.69, 9.17) is 18.6 Å². The van der Waals surface area contributed by atoms with Gasteiger partial charge in [0.25, 0.3) is 0 Å². The topological polar surface area (TPSA) is 101 Å². The van der Waals surface area contributed by atoms with Gasteiger partial charge in [-0.15, -0.1) is 10.2 Å². The van der Waals surface area contributed by atoms with Gasteiger partial charge in [0.05, 0.1) is 13.6 Å². The van der Waals surface area contributed by atoms with Gasteiger partial charge in [0.1, 0.15) is 12.4 Å². The van der Waals surface area contributed by atoms with Crippen molar-refractivity contribution in [3.63, 3.8) is 0 Å². The number of unbranched alkanes of at least 4 members (excludes halogenated alkanes) is 1. The number of hydrogen-bond acceptors (Lipinski definition) is 4. The fourth-order valence-corrected chi connectivity index (χ4v) is 0.975. The largest absolute Gasteiger partial charge is 0.243 e. The Morgan fingerprint density at radius 1 is 1.27 bits per heavy atom. The van der Waals surface area contributed by atoms with Crippen LogP contribution in [0.5, 0.6) is 0 Å². The highest BCUT2D eigenvalue weighted by atomic mass is 35.7. The molecule has 0 aliphatic carbocycles. The number of rotatable bonds is 3. The van der Waals surface area contributed by atoms with Crippen LogP contribution in [0.3, 0.4) is 0 Å². The lowest BCUT2D eigenvalue weighted by atomic mass is 10.3. The van der Waals surface area contributed by atoms with E-state index in [1.165, 1.54) is 12.8 Å². The van der Waals surface area contributed by atoms with Crippen LogP contribution < -0.4 is 23.2 Å². The molecule has 1 aromatic heterocycles. The van der Waals surface area contributed by atoms with Gasteiger partial charge in [-0.25, -0.2) is 27.8 Å². The smallest absolute Gasteiger partial charge is 0.240 e. The van der Waals surface area contributed by atoms with Crippen molar-refractivity contribution in [1.29, 1.82) is 0 Å². The average Bonchev–Trinajstić information content (AvgIpc) is 2.45. The number of aryl methyl sites for hydroxylation is 2. The zero-order valence-corrected chi connectivity index (χ0v) is 9.51. The van der Waals surface area contributed by atoms with Gasteiger partial charge in [-0.05, 0) is 6.42 Å². The van der Waals surface area contributed by atoms with Crippen molar-refractivity contribution in [2.24, 2.45) is 7.05 Å². The minimum Gasteiger partial charge on any atom is -0.240 e. The molecule has 0 radical (unpaired) electrons. The highest BCUT2D eigenvalue weighted by molar-refractivity contribution is 4.65. The third-order valence-corrected chi connectivity index (χ3v) is 1.59. The molecule has 88 valence electrons. The van der Waals surface area contributed by atoms with Gasteiger partial charge in [0, 0.05) is 0 Å². The molecule has 0 unspecified atom stereocenters. The van der Waals surface area contributed by atoms with Crippen molar-refractivity contribution in [1.82, 2.24) is 4.57 Å². The quantitative estimate of drug-likeness (QED) is 0.507. The second-order valence-electron chi connectivity index (χ2n) is 3.05. The summed E-state index contributed by atoms with van der Waals surface area (Å²) in [5.74, 6) is 0. The van der Waals surface area contributed by atoms with E-state index in [0.717, 1.165) is 6.54 Å². The Labute approximate surface area is 90.7 Å². The number of nitrogens with zero attached hydrogens (tertiary/aromatic N) is 2. The van der Waals surface area contributed by atoms with Crippen molar-refractivity contribution >= 4 is 0 Å². The molecule has 1 rings (SSSR count). The van der Waals surface area contributed by atoms with Gasteiger partial charge < -0.3 is 0 Å². The minimum absolute atomic E-state index is 1.15. The summed E-state index contributed by atoms with van der Waals surface area (Å²) < 4.78 is 38.2. The second-order valence-corrected chi connectivity index (χ2v) is 3.80. The maximum Gasteiger partial charge on any atom is 0.243 e. The van der Waals surface area contributed by atoms with Crippen LogP contribution in [-0.2, 0) is 13.6 Å². The van der Waals surface area contributed by atoms with Gasteiger partial charge in [-0.3, -0.25) is 0 Å². The summed E-state index contributed by atoms with van der Waals surface area (Å²) in [6.07, 6.45) is 8.82.